The summed E-state index contributed by atoms with van der Waals surface area (Å²) < 4.78 is 0. The molecule has 102 valence electrons. The summed E-state index contributed by atoms with van der Waals surface area (Å²) in [6.07, 6.45) is 6.95. The van der Waals surface area contributed by atoms with Gasteiger partial charge in [-0.2, -0.15) is 0 Å². The van der Waals surface area contributed by atoms with Crippen LogP contribution >= 0.6 is 0 Å². The van der Waals surface area contributed by atoms with Gasteiger partial charge in [-0.3, -0.25) is 0 Å². The summed E-state index contributed by atoms with van der Waals surface area (Å²) in [6, 6.07) is 0. The summed E-state index contributed by atoms with van der Waals surface area (Å²) in [5, 5.41) is 0. The van der Waals surface area contributed by atoms with Gasteiger partial charge in [0, 0.05) is 6.42 Å². The van der Waals surface area contributed by atoms with Crippen molar-refractivity contribution in [1.82, 2.24) is 0 Å². The molecule has 1 heteroatoms. The number of fused-ring (bicyclic) bond motifs is 1. The smallest absolute Gasteiger partial charge is 0.129 e. The molecule has 0 radical (unpaired) electrons. The van der Waals surface area contributed by atoms with E-state index in [1.54, 1.807) is 6.92 Å². The Hall–Kier alpha value is -0.590. The Morgan fingerprint density at radius 2 is 2.00 bits per heavy atom. The van der Waals surface area contributed by atoms with Crippen molar-refractivity contribution in [2.24, 2.45) is 22.7 Å². The van der Waals surface area contributed by atoms with Crippen LogP contribution in [0.3, 0.4) is 0 Å². The second-order valence-corrected chi connectivity index (χ2v) is 7.56. The van der Waals surface area contributed by atoms with Gasteiger partial charge >= 0.3 is 0 Å². The van der Waals surface area contributed by atoms with Crippen LogP contribution in [-0.2, 0) is 4.79 Å². The maximum atomic E-state index is 11.3. The third-order valence-corrected chi connectivity index (χ3v) is 5.82. The van der Waals surface area contributed by atoms with Crippen LogP contribution in [0.25, 0.3) is 0 Å². The van der Waals surface area contributed by atoms with Crippen molar-refractivity contribution in [3.05, 3.63) is 12.2 Å². The maximum absolute atomic E-state index is 11.3. The Labute approximate surface area is 112 Å². The lowest BCUT2D eigenvalue weighted by molar-refractivity contribution is -0.117. The minimum absolute atomic E-state index is 0.324. The van der Waals surface area contributed by atoms with E-state index in [9.17, 15) is 4.79 Å². The molecule has 0 aromatic carbocycles. The van der Waals surface area contributed by atoms with Crippen LogP contribution in [-0.4, -0.2) is 5.78 Å². The highest BCUT2D eigenvalue weighted by atomic mass is 16.1. The van der Waals surface area contributed by atoms with Gasteiger partial charge in [-0.05, 0) is 55.3 Å². The molecule has 0 saturated heterocycles. The molecule has 0 N–H and O–H groups in total. The summed E-state index contributed by atoms with van der Waals surface area (Å²) in [5.74, 6) is 1.67. The van der Waals surface area contributed by atoms with Gasteiger partial charge in [0.15, 0.2) is 0 Å². The highest BCUT2D eigenvalue weighted by Gasteiger charge is 2.54. The molecule has 0 amide bonds. The van der Waals surface area contributed by atoms with Crippen molar-refractivity contribution in [1.29, 1.82) is 0 Å². The monoisotopic (exact) mass is 248 g/mol. The van der Waals surface area contributed by atoms with E-state index >= 15 is 0 Å². The molecule has 2 fully saturated rings. The van der Waals surface area contributed by atoms with Crippen molar-refractivity contribution < 1.29 is 4.79 Å². The first kappa shape index (κ1) is 13.8. The summed E-state index contributed by atoms with van der Waals surface area (Å²) in [7, 11) is 0. The predicted octanol–water partition coefficient (Wildman–Crippen LogP) is 4.76. The predicted molar refractivity (Wildman–Crippen MR) is 76.4 cm³/mol. The van der Waals surface area contributed by atoms with E-state index < -0.39 is 0 Å². The van der Waals surface area contributed by atoms with Crippen molar-refractivity contribution in [3.8, 4) is 0 Å². The third kappa shape index (κ3) is 2.17. The van der Waals surface area contributed by atoms with Crippen molar-refractivity contribution in [2.45, 2.75) is 66.2 Å². The Bertz CT molecular complexity index is 366. The largest absolute Gasteiger partial charge is 0.300 e. The van der Waals surface area contributed by atoms with Crippen LogP contribution in [0.4, 0.5) is 0 Å². The van der Waals surface area contributed by atoms with Crippen molar-refractivity contribution in [3.63, 3.8) is 0 Å². The third-order valence-electron chi connectivity index (χ3n) is 5.82. The first-order valence-corrected chi connectivity index (χ1v) is 7.44. The molecule has 0 aromatic heterocycles. The molecule has 2 saturated carbocycles. The fourth-order valence-corrected chi connectivity index (χ4v) is 4.84. The summed E-state index contributed by atoms with van der Waals surface area (Å²) >= 11 is 0. The zero-order valence-corrected chi connectivity index (χ0v) is 12.5. The van der Waals surface area contributed by atoms with Crippen LogP contribution in [0.2, 0.25) is 0 Å². The molecule has 0 bridgehead atoms. The fourth-order valence-electron chi connectivity index (χ4n) is 4.84. The quantitative estimate of drug-likeness (QED) is 0.658. The lowest BCUT2D eigenvalue weighted by atomic mass is 9.55. The maximum Gasteiger partial charge on any atom is 0.129 e. The topological polar surface area (TPSA) is 17.1 Å². The molecule has 2 rings (SSSR count). The number of rotatable bonds is 3. The Morgan fingerprint density at radius 3 is 2.61 bits per heavy atom. The molecule has 2 aliphatic rings. The van der Waals surface area contributed by atoms with Gasteiger partial charge in [-0.15, -0.1) is 0 Å². The van der Waals surface area contributed by atoms with Crippen LogP contribution in [0.1, 0.15) is 66.2 Å². The highest BCUT2D eigenvalue weighted by Crippen LogP contribution is 2.63. The Morgan fingerprint density at radius 1 is 1.33 bits per heavy atom. The molecular formula is C17H28O. The fraction of sp³-hybridized carbons (Fsp3) is 0.824. The molecule has 18 heavy (non-hydrogen) atoms. The Kier molecular flexibility index (Phi) is 3.46. The summed E-state index contributed by atoms with van der Waals surface area (Å²) in [4.78, 5) is 11.3. The number of carbonyl (C=O) groups is 1. The van der Waals surface area contributed by atoms with Gasteiger partial charge in [-0.25, -0.2) is 0 Å². The van der Waals surface area contributed by atoms with E-state index in [0.717, 1.165) is 18.8 Å². The normalized spacial score (nSPS) is 38.6. The highest BCUT2D eigenvalue weighted by molar-refractivity contribution is 5.75. The number of allylic oxidation sites excluding steroid dienone is 1. The van der Waals surface area contributed by atoms with Gasteiger partial charge in [0.1, 0.15) is 5.78 Å². The van der Waals surface area contributed by atoms with Crippen LogP contribution < -0.4 is 0 Å². The molecule has 0 spiro atoms. The van der Waals surface area contributed by atoms with Crippen molar-refractivity contribution in [2.75, 3.05) is 0 Å². The van der Waals surface area contributed by atoms with Gasteiger partial charge < -0.3 is 4.79 Å². The number of ketones is 1. The molecule has 2 aliphatic carbocycles. The summed E-state index contributed by atoms with van der Waals surface area (Å²) in [5.41, 5.74) is 2.26. The van der Waals surface area contributed by atoms with Crippen LogP contribution in [0, 0.1) is 22.7 Å². The first-order chi connectivity index (χ1) is 8.27. The SMILES string of the molecule is C=C1CC2C(C)(C)CCC[C@]2(C)C1CCC(C)=O. The number of Topliss-reactive ketones (excluding diaryl/α,β-unsaturated/α-hetero) is 1. The van der Waals surface area contributed by atoms with Gasteiger partial charge in [-0.1, -0.05) is 39.3 Å². The standard InChI is InChI=1S/C17H28O/c1-12-11-15-16(3,4)9-6-10-17(15,5)14(12)8-7-13(2)18/h14-15H,1,6-11H2,2-5H3/t14?,15?,17-/m1/s1. The van der Waals surface area contributed by atoms with E-state index in [-0.39, 0.29) is 0 Å². The number of hydrogen-bond donors (Lipinski definition) is 0. The minimum Gasteiger partial charge on any atom is -0.300 e. The van der Waals surface area contributed by atoms with E-state index in [2.05, 4.69) is 27.4 Å². The second-order valence-electron chi connectivity index (χ2n) is 7.56. The van der Waals surface area contributed by atoms with E-state index in [4.69, 9.17) is 0 Å². The molecule has 0 heterocycles. The summed E-state index contributed by atoms with van der Waals surface area (Å²) in [6.45, 7) is 13.4. The molecule has 2 unspecified atom stereocenters. The van der Waals surface area contributed by atoms with Crippen molar-refractivity contribution >= 4 is 5.78 Å². The number of carbonyl (C=O) groups excluding carboxylic acids is 1. The zero-order valence-electron chi connectivity index (χ0n) is 12.5. The molecule has 1 nitrogen and oxygen atoms in total. The number of hydrogen-bond acceptors (Lipinski definition) is 1. The van der Waals surface area contributed by atoms with Gasteiger partial charge in [0.2, 0.25) is 0 Å². The van der Waals surface area contributed by atoms with Crippen LogP contribution in [0.5, 0.6) is 0 Å². The van der Waals surface area contributed by atoms with Crippen LogP contribution in [0.15, 0.2) is 12.2 Å². The molecule has 0 aliphatic heterocycles. The van der Waals surface area contributed by atoms with Gasteiger partial charge in [0.25, 0.3) is 0 Å². The van der Waals surface area contributed by atoms with E-state index in [1.165, 1.54) is 31.3 Å². The first-order valence-electron chi connectivity index (χ1n) is 7.44. The minimum atomic E-state index is 0.324. The lowest BCUT2D eigenvalue weighted by Gasteiger charge is -2.49. The molecule has 0 aromatic rings. The molecular weight excluding hydrogens is 220 g/mol. The van der Waals surface area contributed by atoms with E-state index in [0.29, 0.717) is 22.5 Å². The zero-order chi connectivity index (χ0) is 13.6. The lowest BCUT2D eigenvalue weighted by Crippen LogP contribution is -2.41. The average molecular weight is 248 g/mol. The molecule has 3 atom stereocenters. The second kappa shape index (κ2) is 4.51. The van der Waals surface area contributed by atoms with Gasteiger partial charge in [0.05, 0.1) is 0 Å². The average Bonchev–Trinajstić information content (AvgIpc) is 2.48. The Balaban J connectivity index is 2.21. The van der Waals surface area contributed by atoms with E-state index in [1.807, 2.05) is 0 Å².